The molecule has 11 nitrogen and oxygen atoms in total. The third-order valence-corrected chi connectivity index (χ3v) is 6.08. The lowest BCUT2D eigenvalue weighted by Gasteiger charge is -2.27. The zero-order valence-electron chi connectivity index (χ0n) is 23.1. The highest BCUT2D eigenvalue weighted by Crippen LogP contribution is 2.28. The first-order valence-electron chi connectivity index (χ1n) is 12.9. The van der Waals surface area contributed by atoms with Gasteiger partial charge in [0.15, 0.2) is 5.82 Å². The number of rotatable bonds is 2. The highest BCUT2D eigenvalue weighted by atomic mass is 35.5. The molecule has 2 aliphatic rings. The van der Waals surface area contributed by atoms with Gasteiger partial charge in [0.2, 0.25) is 5.95 Å². The third kappa shape index (κ3) is 11.9. The van der Waals surface area contributed by atoms with E-state index < -0.39 is 24.3 Å². The van der Waals surface area contributed by atoms with E-state index in [1.54, 1.807) is 6.20 Å². The SMILES string of the molecule is Clc1cnc2nc1Nc1cccc(c1)OCCc1cc(CN3CCOCC3)cc(c1)N2.O=C(O)C(F)(F)F.O=C(O)C(F)(F)F. The van der Waals surface area contributed by atoms with Crippen LogP contribution in [0.15, 0.2) is 48.7 Å². The molecule has 2 aromatic carbocycles. The Balaban J connectivity index is 0.000000331. The Kier molecular flexibility index (Phi) is 12.2. The maximum atomic E-state index is 10.6. The lowest BCUT2D eigenvalue weighted by Crippen LogP contribution is -2.35. The molecule has 0 spiro atoms. The molecule has 0 saturated carbocycles. The number of nitrogens with one attached hydrogen (secondary N) is 2. The second kappa shape index (κ2) is 15.6. The van der Waals surface area contributed by atoms with Crippen molar-refractivity contribution in [3.63, 3.8) is 0 Å². The van der Waals surface area contributed by atoms with Crippen molar-refractivity contribution in [2.45, 2.75) is 25.3 Å². The second-order valence-corrected chi connectivity index (χ2v) is 9.71. The van der Waals surface area contributed by atoms with Crippen LogP contribution in [0.4, 0.5) is 49.5 Å². The van der Waals surface area contributed by atoms with Crippen molar-refractivity contribution in [3.05, 3.63) is 64.8 Å². The second-order valence-electron chi connectivity index (χ2n) is 9.30. The maximum absolute atomic E-state index is 10.6. The standard InChI is InChI=1S/C23H24ClN5O2.2C2HF3O2/c24-21-14-25-23-27-19-11-16(10-17(12-19)15-29-5-8-30-9-6-29)4-7-31-20-3-1-2-18(13-20)26-22(21)28-23;2*3-2(4,5)1(6)7/h1-3,10-14H,4-9,15H2,(H2,25,26,27,28);2*(H,6,7). The average Bonchev–Trinajstić information content (AvgIpc) is 2.95. The first kappa shape index (κ1) is 35.1. The molecule has 1 saturated heterocycles. The molecule has 3 aromatic rings. The van der Waals surface area contributed by atoms with E-state index in [2.05, 4.69) is 43.7 Å². The van der Waals surface area contributed by atoms with E-state index in [4.69, 9.17) is 40.9 Å². The predicted molar refractivity (Wildman–Crippen MR) is 149 cm³/mol. The highest BCUT2D eigenvalue weighted by Gasteiger charge is 2.38. The number of carboxylic acid groups (broad SMARTS) is 2. The molecule has 5 rings (SSSR count). The quantitative estimate of drug-likeness (QED) is 0.252. The van der Waals surface area contributed by atoms with E-state index >= 15 is 0 Å². The number of halogens is 7. The average molecular weight is 666 g/mol. The smallest absolute Gasteiger partial charge is 0.490 e. The molecule has 0 unspecified atom stereocenters. The predicted octanol–water partition coefficient (Wildman–Crippen LogP) is 5.65. The first-order valence-corrected chi connectivity index (χ1v) is 13.3. The van der Waals surface area contributed by atoms with Gasteiger partial charge in [-0.25, -0.2) is 14.6 Å². The topological polar surface area (TPSA) is 146 Å². The van der Waals surface area contributed by atoms with Crippen LogP contribution in [0, 0.1) is 0 Å². The summed E-state index contributed by atoms with van der Waals surface area (Å²) in [6.45, 7) is 4.93. The number of aliphatic carboxylic acids is 2. The Labute approximate surface area is 256 Å². The lowest BCUT2D eigenvalue weighted by atomic mass is 10.1. The maximum Gasteiger partial charge on any atom is 0.490 e. The fourth-order valence-corrected chi connectivity index (χ4v) is 3.96. The molecular formula is C27H26ClF6N5O6. The number of alkyl halides is 6. The van der Waals surface area contributed by atoms with Gasteiger partial charge in [0, 0.05) is 43.5 Å². The molecule has 3 heterocycles. The summed E-state index contributed by atoms with van der Waals surface area (Å²) < 4.78 is 75.0. The molecule has 0 atom stereocenters. The minimum absolute atomic E-state index is 0.450. The van der Waals surface area contributed by atoms with Crippen LogP contribution in [0.5, 0.6) is 5.75 Å². The molecular weight excluding hydrogens is 640 g/mol. The van der Waals surface area contributed by atoms with Gasteiger partial charge in [0.1, 0.15) is 10.8 Å². The summed E-state index contributed by atoms with van der Waals surface area (Å²) in [5, 5.41) is 21.3. The fourth-order valence-electron chi connectivity index (χ4n) is 3.82. The summed E-state index contributed by atoms with van der Waals surface area (Å²) in [5.41, 5.74) is 4.24. The Bertz CT molecular complexity index is 1450. The molecule has 0 amide bonds. The largest absolute Gasteiger partial charge is 0.493 e. The Hall–Kier alpha value is -4.35. The van der Waals surface area contributed by atoms with Gasteiger partial charge in [-0.2, -0.15) is 31.3 Å². The third-order valence-electron chi connectivity index (χ3n) is 5.80. The molecule has 0 radical (unpaired) electrons. The van der Waals surface area contributed by atoms with Crippen molar-refractivity contribution in [1.82, 2.24) is 14.9 Å². The number of nitrogens with zero attached hydrogens (tertiary/aromatic N) is 3. The molecule has 244 valence electrons. The van der Waals surface area contributed by atoms with Gasteiger partial charge in [-0.3, -0.25) is 4.90 Å². The van der Waals surface area contributed by atoms with Gasteiger partial charge in [-0.05, 0) is 35.4 Å². The minimum Gasteiger partial charge on any atom is -0.493 e. The molecule has 0 aliphatic carbocycles. The van der Waals surface area contributed by atoms with Crippen molar-refractivity contribution in [3.8, 4) is 5.75 Å². The van der Waals surface area contributed by atoms with E-state index in [0.29, 0.717) is 23.4 Å². The number of hydrogen-bond acceptors (Lipinski definition) is 9. The molecule has 18 heteroatoms. The number of morpholine rings is 1. The summed E-state index contributed by atoms with van der Waals surface area (Å²) >= 11 is 6.33. The normalized spacial score (nSPS) is 14.8. The van der Waals surface area contributed by atoms with Crippen molar-refractivity contribution in [2.75, 3.05) is 43.5 Å². The summed E-state index contributed by atoms with van der Waals surface area (Å²) in [5.74, 6) is -3.68. The number of benzene rings is 2. The number of fused-ring (bicyclic) bond motifs is 6. The van der Waals surface area contributed by atoms with Crippen LogP contribution in [0.3, 0.4) is 0 Å². The van der Waals surface area contributed by atoms with Crippen LogP contribution < -0.4 is 15.4 Å². The Morgan fingerprint density at radius 1 is 0.911 bits per heavy atom. The molecule has 6 bridgehead atoms. The van der Waals surface area contributed by atoms with Gasteiger partial charge < -0.3 is 30.3 Å². The van der Waals surface area contributed by atoms with E-state index in [1.165, 1.54) is 11.1 Å². The van der Waals surface area contributed by atoms with Gasteiger partial charge in [-0.15, -0.1) is 0 Å². The van der Waals surface area contributed by atoms with Crippen LogP contribution in [0.25, 0.3) is 0 Å². The van der Waals surface area contributed by atoms with Crippen molar-refractivity contribution in [2.24, 2.45) is 0 Å². The number of aromatic nitrogens is 2. The van der Waals surface area contributed by atoms with Gasteiger partial charge >= 0.3 is 24.3 Å². The van der Waals surface area contributed by atoms with Gasteiger partial charge in [0.05, 0.1) is 26.0 Å². The number of carbonyl (C=O) groups is 2. The van der Waals surface area contributed by atoms with Crippen molar-refractivity contribution in [1.29, 1.82) is 0 Å². The van der Waals surface area contributed by atoms with E-state index in [9.17, 15) is 26.3 Å². The number of hydrogen-bond donors (Lipinski definition) is 4. The number of carboxylic acids is 2. The van der Waals surface area contributed by atoms with Crippen molar-refractivity contribution >= 4 is 46.7 Å². The first-order chi connectivity index (χ1) is 21.1. The van der Waals surface area contributed by atoms with Crippen LogP contribution in [0.1, 0.15) is 11.1 Å². The van der Waals surface area contributed by atoms with Crippen LogP contribution in [0.2, 0.25) is 5.02 Å². The Morgan fingerprint density at radius 3 is 2.18 bits per heavy atom. The molecule has 1 fully saturated rings. The lowest BCUT2D eigenvalue weighted by molar-refractivity contribution is -0.193. The van der Waals surface area contributed by atoms with Crippen LogP contribution >= 0.6 is 11.6 Å². The summed E-state index contributed by atoms with van der Waals surface area (Å²) in [6, 6.07) is 14.3. The molecule has 2 aliphatic heterocycles. The Morgan fingerprint density at radius 2 is 1.56 bits per heavy atom. The zero-order valence-corrected chi connectivity index (χ0v) is 23.8. The summed E-state index contributed by atoms with van der Waals surface area (Å²) in [6.07, 6.45) is -7.76. The van der Waals surface area contributed by atoms with E-state index in [1.807, 2.05) is 24.3 Å². The fraction of sp³-hybridized carbons (Fsp3) is 0.333. The summed E-state index contributed by atoms with van der Waals surface area (Å²) in [7, 11) is 0. The molecule has 4 N–H and O–H groups in total. The van der Waals surface area contributed by atoms with Crippen LogP contribution in [-0.4, -0.2) is 82.3 Å². The monoisotopic (exact) mass is 665 g/mol. The van der Waals surface area contributed by atoms with Gasteiger partial charge in [-0.1, -0.05) is 23.7 Å². The number of ether oxygens (including phenoxy) is 2. The zero-order chi connectivity index (χ0) is 33.2. The van der Waals surface area contributed by atoms with Crippen molar-refractivity contribution < 1.29 is 55.6 Å². The van der Waals surface area contributed by atoms with Crippen LogP contribution in [-0.2, 0) is 27.3 Å². The van der Waals surface area contributed by atoms with E-state index in [-0.39, 0.29) is 0 Å². The highest BCUT2D eigenvalue weighted by molar-refractivity contribution is 6.32. The molecule has 45 heavy (non-hydrogen) atoms. The van der Waals surface area contributed by atoms with E-state index in [0.717, 1.165) is 56.4 Å². The number of anilines is 4. The summed E-state index contributed by atoms with van der Waals surface area (Å²) in [4.78, 5) is 29.1. The molecule has 1 aromatic heterocycles. The minimum atomic E-state index is -5.08. The van der Waals surface area contributed by atoms with Gasteiger partial charge in [0.25, 0.3) is 0 Å².